The number of piperidine rings is 1. The minimum absolute atomic E-state index is 0.0552. The summed E-state index contributed by atoms with van der Waals surface area (Å²) < 4.78 is 5.35. The lowest BCUT2D eigenvalue weighted by Gasteiger charge is -2.38. The Morgan fingerprint density at radius 3 is 2.92 bits per heavy atom. The van der Waals surface area contributed by atoms with Gasteiger partial charge in [-0.25, -0.2) is 0 Å². The van der Waals surface area contributed by atoms with Crippen LogP contribution in [0.15, 0.2) is 59.6 Å². The number of aliphatic hydroxyl groups excluding tert-OH is 1. The molecule has 1 aromatic heterocycles. The molecule has 37 heavy (non-hydrogen) atoms. The van der Waals surface area contributed by atoms with Crippen molar-refractivity contribution in [2.24, 2.45) is 11.8 Å². The van der Waals surface area contributed by atoms with Gasteiger partial charge in [0.2, 0.25) is 0 Å². The van der Waals surface area contributed by atoms with Crippen LogP contribution in [0.25, 0.3) is 10.9 Å². The Kier molecular flexibility index (Phi) is 9.40. The highest BCUT2D eigenvalue weighted by Crippen LogP contribution is 2.35. The van der Waals surface area contributed by atoms with Gasteiger partial charge in [-0.15, -0.1) is 11.8 Å². The maximum Gasteiger partial charge on any atom is 0.303 e. The van der Waals surface area contributed by atoms with Gasteiger partial charge in [-0.3, -0.25) is 9.78 Å². The van der Waals surface area contributed by atoms with Crippen molar-refractivity contribution in [3.8, 4) is 11.8 Å². The van der Waals surface area contributed by atoms with Gasteiger partial charge >= 0.3 is 5.97 Å². The number of carbonyl (C=O) groups is 1. The quantitative estimate of drug-likeness (QED) is 0.336. The van der Waals surface area contributed by atoms with Crippen LogP contribution in [-0.4, -0.2) is 58.6 Å². The number of aromatic nitrogens is 1. The molecule has 0 amide bonds. The second-order valence-electron chi connectivity index (χ2n) is 9.57. The predicted molar refractivity (Wildman–Crippen MR) is 145 cm³/mol. The first kappa shape index (κ1) is 26.9. The van der Waals surface area contributed by atoms with E-state index in [9.17, 15) is 15.0 Å². The van der Waals surface area contributed by atoms with Crippen LogP contribution in [-0.2, 0) is 4.79 Å². The number of rotatable bonds is 11. The molecule has 2 N–H and O–H groups in total. The molecule has 3 atom stereocenters. The molecule has 1 saturated heterocycles. The van der Waals surface area contributed by atoms with E-state index in [4.69, 9.17) is 10.00 Å². The molecule has 0 radical (unpaired) electrons. The fraction of sp³-hybridized carbons (Fsp3) is 0.414. The lowest BCUT2D eigenvalue weighted by Crippen LogP contribution is -2.42. The standard InChI is InChI=1S/C29H33N3O4S/c1-36-23-6-7-27-26(17-23)25(9-11-31-27)28(33)8-5-21-10-12-32(19-22(21)16-29(34)35)13-14-37-24-4-2-3-20(15-24)18-30/h2-4,6-7,9,11,15,17,21-22,28,33H,5,8,10,12-14,16,19H2,1H3,(H,34,35)/t21-,22+,28-/m1/s1. The number of pyridine rings is 1. The number of hydrogen-bond donors (Lipinski definition) is 2. The summed E-state index contributed by atoms with van der Waals surface area (Å²) >= 11 is 1.72. The number of methoxy groups -OCH3 is 1. The number of carboxylic acid groups (broad SMARTS) is 1. The predicted octanol–water partition coefficient (Wildman–Crippen LogP) is 5.13. The average Bonchev–Trinajstić information content (AvgIpc) is 2.91. The highest BCUT2D eigenvalue weighted by molar-refractivity contribution is 7.99. The first-order valence-corrected chi connectivity index (χ1v) is 13.6. The average molecular weight is 520 g/mol. The van der Waals surface area contributed by atoms with E-state index in [2.05, 4.69) is 16.0 Å². The van der Waals surface area contributed by atoms with Gasteiger partial charge in [-0.05, 0) is 85.7 Å². The summed E-state index contributed by atoms with van der Waals surface area (Å²) in [6, 6.07) is 17.3. The zero-order valence-electron chi connectivity index (χ0n) is 21.0. The molecule has 1 aliphatic rings. The zero-order valence-corrected chi connectivity index (χ0v) is 21.9. The Balaban J connectivity index is 1.34. The van der Waals surface area contributed by atoms with Crippen molar-refractivity contribution in [3.63, 3.8) is 0 Å². The van der Waals surface area contributed by atoms with Crippen molar-refractivity contribution < 1.29 is 19.7 Å². The fourth-order valence-electron chi connectivity index (χ4n) is 5.23. The first-order chi connectivity index (χ1) is 18.0. The molecule has 3 aromatic rings. The highest BCUT2D eigenvalue weighted by Gasteiger charge is 2.31. The minimum atomic E-state index is -0.771. The number of hydrogen-bond acceptors (Lipinski definition) is 7. The summed E-state index contributed by atoms with van der Waals surface area (Å²) in [5, 5.41) is 30.6. The van der Waals surface area contributed by atoms with Crippen LogP contribution in [0.2, 0.25) is 0 Å². The van der Waals surface area contributed by atoms with E-state index in [1.54, 1.807) is 31.1 Å². The molecule has 4 rings (SSSR count). The molecule has 2 heterocycles. The Morgan fingerprint density at radius 1 is 1.27 bits per heavy atom. The molecule has 0 unspecified atom stereocenters. The van der Waals surface area contributed by atoms with Gasteiger partial charge in [0, 0.05) is 41.7 Å². The molecule has 8 heteroatoms. The number of likely N-dealkylation sites (tertiary alicyclic amines) is 1. The number of nitrogens with zero attached hydrogens (tertiary/aromatic N) is 3. The second kappa shape index (κ2) is 12.9. The highest BCUT2D eigenvalue weighted by atomic mass is 32.2. The fourth-order valence-corrected chi connectivity index (χ4v) is 6.20. The van der Waals surface area contributed by atoms with Gasteiger partial charge in [-0.1, -0.05) is 6.07 Å². The lowest BCUT2D eigenvalue weighted by atomic mass is 9.79. The third-order valence-electron chi connectivity index (χ3n) is 7.20. The van der Waals surface area contributed by atoms with Crippen LogP contribution in [0.3, 0.4) is 0 Å². The van der Waals surface area contributed by atoms with Gasteiger partial charge in [0.05, 0.1) is 30.4 Å². The SMILES string of the molecule is COc1ccc2nccc([C@H](O)CC[C@@H]3CCN(CCSc4cccc(C#N)c4)C[C@@H]3CC(=O)O)c2c1. The monoisotopic (exact) mass is 519 g/mol. The normalized spacial score (nSPS) is 18.8. The van der Waals surface area contributed by atoms with E-state index < -0.39 is 12.1 Å². The Bertz CT molecular complexity index is 1260. The minimum Gasteiger partial charge on any atom is -0.497 e. The summed E-state index contributed by atoms with van der Waals surface area (Å²) in [4.78, 5) is 19.5. The molecule has 0 aliphatic carbocycles. The number of nitriles is 1. The van der Waals surface area contributed by atoms with Gasteiger partial charge in [0.1, 0.15) is 5.75 Å². The van der Waals surface area contributed by atoms with Gasteiger partial charge in [0.15, 0.2) is 0 Å². The molecular weight excluding hydrogens is 486 g/mol. The smallest absolute Gasteiger partial charge is 0.303 e. The van der Waals surface area contributed by atoms with Crippen molar-refractivity contribution in [1.29, 1.82) is 5.26 Å². The number of aliphatic carboxylic acids is 1. The molecule has 1 fully saturated rings. The molecule has 0 bridgehead atoms. The topological polar surface area (TPSA) is 107 Å². The summed E-state index contributed by atoms with van der Waals surface area (Å²) in [5.74, 6) is 1.15. The van der Waals surface area contributed by atoms with Crippen LogP contribution >= 0.6 is 11.8 Å². The van der Waals surface area contributed by atoms with Crippen molar-refractivity contribution in [2.75, 3.05) is 32.5 Å². The summed E-state index contributed by atoms with van der Waals surface area (Å²) in [6.45, 7) is 2.55. The molecule has 0 saturated carbocycles. The van der Waals surface area contributed by atoms with Crippen LogP contribution in [0.1, 0.15) is 42.9 Å². The Labute approximate surface area is 222 Å². The summed E-state index contributed by atoms with van der Waals surface area (Å²) in [7, 11) is 1.62. The maximum absolute atomic E-state index is 11.6. The molecule has 1 aliphatic heterocycles. The molecule has 2 aromatic carbocycles. The third-order valence-corrected chi connectivity index (χ3v) is 8.18. The number of carboxylic acids is 1. The molecule has 0 spiro atoms. The molecular formula is C29H33N3O4S. The van der Waals surface area contributed by atoms with E-state index >= 15 is 0 Å². The van der Waals surface area contributed by atoms with Crippen molar-refractivity contribution in [2.45, 2.75) is 36.7 Å². The van der Waals surface area contributed by atoms with Crippen LogP contribution in [0.4, 0.5) is 0 Å². The van der Waals surface area contributed by atoms with Crippen LogP contribution in [0, 0.1) is 23.2 Å². The van der Waals surface area contributed by atoms with E-state index in [1.165, 1.54) is 0 Å². The van der Waals surface area contributed by atoms with Crippen molar-refractivity contribution in [1.82, 2.24) is 9.88 Å². The number of fused-ring (bicyclic) bond motifs is 1. The van der Waals surface area contributed by atoms with Crippen LogP contribution in [0.5, 0.6) is 5.75 Å². The largest absolute Gasteiger partial charge is 0.497 e. The molecule has 7 nitrogen and oxygen atoms in total. The van der Waals surface area contributed by atoms with Crippen molar-refractivity contribution >= 4 is 28.6 Å². The van der Waals surface area contributed by atoms with E-state index in [1.807, 2.05) is 42.5 Å². The number of benzene rings is 2. The van der Waals surface area contributed by atoms with Crippen molar-refractivity contribution in [3.05, 3.63) is 65.9 Å². The summed E-state index contributed by atoms with van der Waals surface area (Å²) in [5.41, 5.74) is 2.30. The Hall–Kier alpha value is -3.12. The van der Waals surface area contributed by atoms with Crippen LogP contribution < -0.4 is 4.74 Å². The van der Waals surface area contributed by atoms with E-state index in [0.717, 1.165) is 65.3 Å². The number of ether oxygens (including phenoxy) is 1. The van der Waals surface area contributed by atoms with Gasteiger partial charge in [0.25, 0.3) is 0 Å². The van der Waals surface area contributed by atoms with E-state index in [0.29, 0.717) is 12.0 Å². The Morgan fingerprint density at radius 2 is 2.14 bits per heavy atom. The summed E-state index contributed by atoms with van der Waals surface area (Å²) in [6.07, 6.45) is 3.47. The second-order valence-corrected chi connectivity index (χ2v) is 10.7. The molecule has 194 valence electrons. The number of thioether (sulfide) groups is 1. The van der Waals surface area contributed by atoms with Gasteiger partial charge in [-0.2, -0.15) is 5.26 Å². The van der Waals surface area contributed by atoms with Gasteiger partial charge < -0.3 is 19.8 Å². The maximum atomic E-state index is 11.6. The van der Waals surface area contributed by atoms with E-state index in [-0.39, 0.29) is 18.3 Å². The third kappa shape index (κ3) is 7.22. The number of aliphatic hydroxyl groups is 1. The lowest BCUT2D eigenvalue weighted by molar-refractivity contribution is -0.139. The zero-order chi connectivity index (χ0) is 26.2. The first-order valence-electron chi connectivity index (χ1n) is 12.6.